The molecule has 1 aromatic heterocycles. The van der Waals surface area contributed by atoms with Gasteiger partial charge in [-0.3, -0.25) is 4.90 Å². The maximum atomic E-state index is 11.4. The summed E-state index contributed by atoms with van der Waals surface area (Å²) in [6.07, 6.45) is 52.1. The fourth-order valence-electron chi connectivity index (χ4n) is 10.5. The summed E-state index contributed by atoms with van der Waals surface area (Å²) in [5, 5.41) is 0. The highest BCUT2D eigenvalue weighted by Gasteiger charge is 2.26. The van der Waals surface area contributed by atoms with E-state index in [9.17, 15) is 33.6 Å². The van der Waals surface area contributed by atoms with E-state index in [0.717, 1.165) is 141 Å². The van der Waals surface area contributed by atoms with E-state index in [1.165, 1.54) is 71.8 Å². The Labute approximate surface area is 681 Å². The minimum absolute atomic E-state index is 0.0227. The average molecular weight is 1560 g/mol. The average Bonchev–Trinajstić information content (AvgIpc) is 1.42. The highest BCUT2D eigenvalue weighted by molar-refractivity contribution is 5.83. The van der Waals surface area contributed by atoms with E-state index in [0.29, 0.717) is 49.9 Å². The van der Waals surface area contributed by atoms with Gasteiger partial charge in [0.05, 0.1) is 12.9 Å². The number of benzene rings is 1. The lowest BCUT2D eigenvalue weighted by atomic mass is 9.83. The van der Waals surface area contributed by atoms with Gasteiger partial charge in [0.1, 0.15) is 35.8 Å². The van der Waals surface area contributed by atoms with Gasteiger partial charge in [-0.1, -0.05) is 195 Å². The smallest absolute Gasteiger partial charge is 0.331 e. The van der Waals surface area contributed by atoms with Gasteiger partial charge < -0.3 is 37.6 Å². The molecule has 7 atom stereocenters. The summed E-state index contributed by atoms with van der Waals surface area (Å²) in [7, 11) is 0. The lowest BCUT2D eigenvalue weighted by Crippen LogP contribution is -2.29. The molecular weight excluding hydrogens is 1420 g/mol. The molecule has 3 rings (SSSR count). The number of ether oxygens (including phenoxy) is 7. The van der Waals surface area contributed by atoms with E-state index >= 15 is 0 Å². The third-order valence-corrected chi connectivity index (χ3v) is 16.7. The van der Waals surface area contributed by atoms with Gasteiger partial charge in [0.15, 0.2) is 6.10 Å². The van der Waals surface area contributed by atoms with Crippen molar-refractivity contribution in [3.63, 3.8) is 0 Å². The Morgan fingerprint density at radius 1 is 0.522 bits per heavy atom. The molecule has 0 saturated heterocycles. The molecule has 1 heterocycles. The fraction of sp³-hybridized carbons (Fsp3) is 0.412. The summed E-state index contributed by atoms with van der Waals surface area (Å²) >= 11 is 0. The Kier molecular flexibility index (Phi) is 71.6. The number of aryl methyl sites for hydroxylation is 1. The van der Waals surface area contributed by atoms with E-state index in [1.807, 2.05) is 36.4 Å². The largest absolute Gasteiger partial charge is 0.465 e. The van der Waals surface area contributed by atoms with Crippen molar-refractivity contribution in [1.29, 1.82) is 0 Å². The van der Waals surface area contributed by atoms with Crippen LogP contribution in [0.2, 0.25) is 0 Å². The summed E-state index contributed by atoms with van der Waals surface area (Å²) in [6.45, 7) is 77.8. The third kappa shape index (κ3) is 61.9. The van der Waals surface area contributed by atoms with E-state index in [-0.39, 0.29) is 54.3 Å². The van der Waals surface area contributed by atoms with Gasteiger partial charge >= 0.3 is 41.8 Å². The van der Waals surface area contributed by atoms with Gasteiger partial charge in [-0.2, -0.15) is 0 Å². The molecule has 0 bridgehead atoms. The lowest BCUT2D eigenvalue weighted by Gasteiger charge is -2.26. The summed E-state index contributed by atoms with van der Waals surface area (Å²) in [5.41, 5.74) is 4.25. The van der Waals surface area contributed by atoms with Crippen molar-refractivity contribution >= 4 is 41.8 Å². The first-order valence-corrected chi connectivity index (χ1v) is 38.9. The summed E-state index contributed by atoms with van der Waals surface area (Å²) < 4.78 is 41.4. The zero-order valence-electron chi connectivity index (χ0n) is 69.5. The van der Waals surface area contributed by atoms with E-state index < -0.39 is 23.6 Å². The number of unbranched alkanes of at least 4 members (excludes halogenated alkanes) is 4. The van der Waals surface area contributed by atoms with Gasteiger partial charge in [-0.05, 0) is 177 Å². The number of hydrogen-bond acceptors (Lipinski definition) is 16. The maximum Gasteiger partial charge on any atom is 0.331 e. The van der Waals surface area contributed by atoms with Gasteiger partial charge in [-0.25, -0.2) is 33.6 Å². The van der Waals surface area contributed by atoms with Crippen LogP contribution in [0.4, 0.5) is 0 Å². The number of carbonyl (C=O) groups excluding carboxylic acids is 7. The summed E-state index contributed by atoms with van der Waals surface area (Å²) in [5.74, 6) is -0.990. The molecule has 16 nitrogen and oxygen atoms in total. The molecule has 0 spiro atoms. The first-order chi connectivity index (χ1) is 54.2. The van der Waals surface area contributed by atoms with Crippen LogP contribution in [0, 0.1) is 11.8 Å². The maximum absolute atomic E-state index is 11.4. The Bertz CT molecular complexity index is 3230. The Morgan fingerprint density at radius 2 is 1.03 bits per heavy atom. The van der Waals surface area contributed by atoms with Crippen LogP contribution in [0.1, 0.15) is 193 Å². The Morgan fingerprint density at radius 3 is 1.50 bits per heavy atom. The summed E-state index contributed by atoms with van der Waals surface area (Å²) in [4.78, 5) is 79.7. The van der Waals surface area contributed by atoms with Crippen LogP contribution in [0.5, 0.6) is 0 Å². The SMILES string of the molecule is C=CCC(CC(C)CCC=C(C)C)OC(=O)C=C.C=CCC(CCCCC)OC(=O)C=C.C=CCC(OC(=O)C=C)C1=CCC(C(=C)C)CC1.C=CCC(OC(=O)C=C)c1ccco1.C=CCCC(C=C)(C=C)OC(=O)C=C.C=CCCCCC(CCc1ccccc1)OC(=O)C=C.C=CCN(CC=C)CCCOC(=O)C=C. The van der Waals surface area contributed by atoms with Crippen molar-refractivity contribution < 1.29 is 71.1 Å². The molecule has 0 saturated carbocycles. The van der Waals surface area contributed by atoms with Crippen LogP contribution < -0.4 is 0 Å². The van der Waals surface area contributed by atoms with Crippen molar-refractivity contribution in [2.75, 3.05) is 26.2 Å². The second kappa shape index (κ2) is 74.3. The third-order valence-electron chi connectivity index (χ3n) is 16.7. The van der Waals surface area contributed by atoms with Crippen molar-refractivity contribution in [3.8, 4) is 0 Å². The Balaban J connectivity index is -0.000000616. The lowest BCUT2D eigenvalue weighted by molar-refractivity contribution is -0.146. The molecule has 0 radical (unpaired) electrons. The second-order valence-electron chi connectivity index (χ2n) is 26.4. The fourth-order valence-corrected chi connectivity index (χ4v) is 10.5. The molecule has 0 amide bonds. The van der Waals surface area contributed by atoms with Crippen molar-refractivity contribution in [2.45, 2.75) is 218 Å². The van der Waals surface area contributed by atoms with Crippen molar-refractivity contribution in [3.05, 3.63) is 311 Å². The van der Waals surface area contributed by atoms with Crippen LogP contribution in [0.25, 0.3) is 0 Å². The molecule has 0 aliphatic heterocycles. The van der Waals surface area contributed by atoms with Gasteiger partial charge in [0.25, 0.3) is 0 Å². The number of nitrogens with zero attached hydrogens (tertiary/aromatic N) is 1. The van der Waals surface area contributed by atoms with E-state index in [4.69, 9.17) is 37.6 Å². The molecule has 1 aliphatic rings. The van der Waals surface area contributed by atoms with Gasteiger partial charge in [-0.15, -0.1) is 52.6 Å². The van der Waals surface area contributed by atoms with Gasteiger partial charge in [0.2, 0.25) is 0 Å². The zero-order valence-corrected chi connectivity index (χ0v) is 69.5. The van der Waals surface area contributed by atoms with Gasteiger partial charge in [0, 0.05) is 87.8 Å². The molecule has 7 unspecified atom stereocenters. The summed E-state index contributed by atoms with van der Waals surface area (Å²) in [6, 6.07) is 13.8. The molecule has 1 aliphatic carbocycles. The first kappa shape index (κ1) is 109. The molecule has 2 aromatic rings. The zero-order chi connectivity index (χ0) is 85.9. The quantitative estimate of drug-likeness (QED) is 0.0199. The molecule has 1 aromatic carbocycles. The molecule has 0 N–H and O–H groups in total. The molecular formula is C97H139NO15. The minimum Gasteiger partial charge on any atom is -0.465 e. The molecule has 113 heavy (non-hydrogen) atoms. The van der Waals surface area contributed by atoms with Crippen LogP contribution >= 0.6 is 0 Å². The predicted octanol–water partition coefficient (Wildman–Crippen LogP) is 23.3. The van der Waals surface area contributed by atoms with Crippen LogP contribution in [-0.2, 0) is 73.1 Å². The van der Waals surface area contributed by atoms with E-state index in [1.54, 1.807) is 54.7 Å². The van der Waals surface area contributed by atoms with E-state index in [2.05, 4.69) is 182 Å². The number of rotatable bonds is 54. The molecule has 0 fully saturated rings. The number of furan rings is 1. The molecule has 16 heteroatoms. The minimum atomic E-state index is -0.806. The highest BCUT2D eigenvalue weighted by atomic mass is 16.6. The standard InChI is InChI=1S/C18H24O2.C16H22O2.C16H26O2.C12H19NO2.C12H16O2.C12H20O2.C11H12O3/c1-3-5-6-10-13-17(20-18(19)4-2)15-14-16-11-8-7-9-12-16;1-5-7-15(18-16(17)6-2)14-10-8-13(9-11-14)12(3)4;1-6-9-15(18-16(17)7-2)12-14(5)11-8-10-13(3)4;1-4-8-13(9-5-2)10-7-11-15-12(14)6-3;1-5-9-10-12(7-3,8-4)14-11(13)6-2;1-4-7-8-10-11(9-5-2)14-12(13)6-3;1-3-6-10(14-11(12)4-2)9-7-5-8-13-9/h3-4,7-9,11-12,17H,1-2,5-6,10,13-15H2;5-6,10,13,15H,1-3,7-9,11H2,4H3;6-7,10,14-15H,1-2,8-9,11-12H2,3-5H3;4-6H,1-3,7-11H2;5-8H,1-4,9-10H2;5-6,11H,2-4,7-10H2,1H3;3-5,7-8,10H,1-2,6H2. The molecule has 622 valence electrons. The van der Waals surface area contributed by atoms with Crippen LogP contribution in [-0.4, -0.2) is 103 Å². The first-order valence-electron chi connectivity index (χ1n) is 38.9. The van der Waals surface area contributed by atoms with Crippen molar-refractivity contribution in [1.82, 2.24) is 4.90 Å². The normalized spacial score (nSPS) is 12.9. The number of carbonyl (C=O) groups is 7. The number of allylic oxidation sites excluding steroid dienone is 6. The second-order valence-corrected chi connectivity index (χ2v) is 26.4. The number of esters is 7. The predicted molar refractivity (Wildman–Crippen MR) is 469 cm³/mol. The van der Waals surface area contributed by atoms with Crippen LogP contribution in [0.15, 0.2) is 304 Å². The van der Waals surface area contributed by atoms with Crippen LogP contribution in [0.3, 0.4) is 0 Å². The Hall–Kier alpha value is -10.5. The topological polar surface area (TPSA) is 200 Å². The van der Waals surface area contributed by atoms with Crippen molar-refractivity contribution in [2.24, 2.45) is 11.8 Å². The highest BCUT2D eigenvalue weighted by Crippen LogP contribution is 2.32. The number of hydrogen-bond donors (Lipinski definition) is 0. The monoisotopic (exact) mass is 1560 g/mol.